The maximum Gasteiger partial charge on any atom is 0.341 e. The van der Waals surface area contributed by atoms with Crippen molar-refractivity contribution < 1.29 is 14.7 Å². The van der Waals surface area contributed by atoms with Gasteiger partial charge in [0.1, 0.15) is 11.8 Å². The zero-order chi connectivity index (χ0) is 11.7. The Balaban J connectivity index is 2.82. The van der Waals surface area contributed by atoms with E-state index in [1.54, 1.807) is 0 Å². The minimum Gasteiger partial charge on any atom is -0.477 e. The average Bonchev–Trinajstić information content (AvgIpc) is 2.28. The van der Waals surface area contributed by atoms with Crippen LogP contribution in [0.25, 0.3) is 10.9 Å². The Morgan fingerprint density at radius 3 is 2.75 bits per heavy atom. The van der Waals surface area contributed by atoms with Crippen molar-refractivity contribution in [3.63, 3.8) is 0 Å². The first kappa shape index (κ1) is 10.1. The lowest BCUT2D eigenvalue weighted by atomic mass is 10.1. The molecule has 0 saturated carbocycles. The van der Waals surface area contributed by atoms with Gasteiger partial charge in [-0.25, -0.2) is 4.79 Å². The Kier molecular flexibility index (Phi) is 2.28. The highest BCUT2D eigenvalue weighted by atomic mass is 16.4. The van der Waals surface area contributed by atoms with E-state index in [1.807, 2.05) is 0 Å². The van der Waals surface area contributed by atoms with Gasteiger partial charge in [-0.05, 0) is 12.1 Å². The number of nitrogens with one attached hydrogen (secondary N) is 1. The molecule has 0 aliphatic carbocycles. The number of aldehydes is 1. The number of hydrogen-bond donors (Lipinski definition) is 2. The maximum absolute atomic E-state index is 11.7. The Morgan fingerprint density at radius 2 is 2.12 bits per heavy atom. The van der Waals surface area contributed by atoms with E-state index < -0.39 is 11.4 Å². The van der Waals surface area contributed by atoms with E-state index in [1.165, 1.54) is 18.2 Å². The van der Waals surface area contributed by atoms with Crippen LogP contribution in [0, 0.1) is 0 Å². The summed E-state index contributed by atoms with van der Waals surface area (Å²) >= 11 is 0. The van der Waals surface area contributed by atoms with E-state index in [4.69, 9.17) is 5.11 Å². The van der Waals surface area contributed by atoms with Crippen LogP contribution in [0.4, 0.5) is 0 Å². The number of carboxylic acid groups (broad SMARTS) is 1. The largest absolute Gasteiger partial charge is 0.477 e. The number of benzene rings is 1. The third kappa shape index (κ3) is 1.48. The minimum atomic E-state index is -1.28. The molecule has 0 unspecified atom stereocenters. The number of rotatable bonds is 2. The van der Waals surface area contributed by atoms with Crippen LogP contribution in [0.15, 0.2) is 29.2 Å². The Morgan fingerprint density at radius 1 is 1.38 bits per heavy atom. The molecular formula is C11H7NO4. The van der Waals surface area contributed by atoms with Crippen molar-refractivity contribution in [3.05, 3.63) is 45.7 Å². The third-order valence-corrected chi connectivity index (χ3v) is 2.27. The molecule has 0 aliphatic rings. The highest BCUT2D eigenvalue weighted by Crippen LogP contribution is 2.09. The molecule has 0 bridgehead atoms. The number of aromatic amines is 1. The predicted octanol–water partition coefficient (Wildman–Crippen LogP) is 1.04. The summed E-state index contributed by atoms with van der Waals surface area (Å²) in [7, 11) is 0. The second kappa shape index (κ2) is 3.62. The molecule has 0 amide bonds. The fraction of sp³-hybridized carbons (Fsp3) is 0. The number of carbonyl (C=O) groups excluding carboxylic acids is 1. The van der Waals surface area contributed by atoms with Crippen molar-refractivity contribution >= 4 is 23.2 Å². The molecule has 0 spiro atoms. The van der Waals surface area contributed by atoms with Crippen LogP contribution in [0.2, 0.25) is 0 Å². The van der Waals surface area contributed by atoms with Gasteiger partial charge in [-0.3, -0.25) is 9.59 Å². The zero-order valence-corrected chi connectivity index (χ0v) is 8.06. The lowest BCUT2D eigenvalue weighted by molar-refractivity contribution is 0.0695. The van der Waals surface area contributed by atoms with Gasteiger partial charge in [0.25, 0.3) is 0 Å². The monoisotopic (exact) mass is 217 g/mol. The molecule has 80 valence electrons. The lowest BCUT2D eigenvalue weighted by Crippen LogP contribution is -2.15. The van der Waals surface area contributed by atoms with Crippen molar-refractivity contribution in [2.24, 2.45) is 0 Å². The van der Waals surface area contributed by atoms with Gasteiger partial charge in [0.05, 0.1) is 5.52 Å². The summed E-state index contributed by atoms with van der Waals surface area (Å²) in [5.74, 6) is -1.28. The van der Waals surface area contributed by atoms with Crippen LogP contribution in [0.1, 0.15) is 20.7 Å². The quantitative estimate of drug-likeness (QED) is 0.735. The minimum absolute atomic E-state index is 0.255. The molecule has 1 aromatic carbocycles. The SMILES string of the molecule is O=Cc1ccc2c(=O)c(C(=O)O)c[nH]c2c1. The second-order valence-electron chi connectivity index (χ2n) is 3.26. The number of H-pyrrole nitrogens is 1. The van der Waals surface area contributed by atoms with Crippen molar-refractivity contribution in [1.29, 1.82) is 0 Å². The van der Waals surface area contributed by atoms with Gasteiger partial charge < -0.3 is 10.1 Å². The predicted molar refractivity (Wildman–Crippen MR) is 56.9 cm³/mol. The van der Waals surface area contributed by atoms with Gasteiger partial charge in [-0.2, -0.15) is 0 Å². The summed E-state index contributed by atoms with van der Waals surface area (Å²) in [5, 5.41) is 9.00. The molecule has 2 N–H and O–H groups in total. The molecule has 0 saturated heterocycles. The number of aromatic nitrogens is 1. The van der Waals surface area contributed by atoms with Crippen LogP contribution < -0.4 is 5.43 Å². The van der Waals surface area contributed by atoms with Gasteiger partial charge in [0, 0.05) is 17.1 Å². The number of carboxylic acids is 1. The lowest BCUT2D eigenvalue weighted by Gasteiger charge is -2.00. The van der Waals surface area contributed by atoms with E-state index in [9.17, 15) is 14.4 Å². The number of aromatic carboxylic acids is 1. The Bertz CT molecular complexity index is 642. The maximum atomic E-state index is 11.7. The van der Waals surface area contributed by atoms with E-state index in [2.05, 4.69) is 4.98 Å². The van der Waals surface area contributed by atoms with Gasteiger partial charge in [-0.1, -0.05) is 6.07 Å². The van der Waals surface area contributed by atoms with Gasteiger partial charge in [0.15, 0.2) is 0 Å². The summed E-state index contributed by atoms with van der Waals surface area (Å²) < 4.78 is 0. The van der Waals surface area contributed by atoms with Crippen LogP contribution in [0.5, 0.6) is 0 Å². The first-order chi connectivity index (χ1) is 7.63. The van der Waals surface area contributed by atoms with Crippen LogP contribution in [-0.2, 0) is 0 Å². The molecule has 1 aromatic heterocycles. The average molecular weight is 217 g/mol. The van der Waals surface area contributed by atoms with E-state index in [0.717, 1.165) is 6.20 Å². The fourth-order valence-corrected chi connectivity index (χ4v) is 1.47. The molecule has 0 fully saturated rings. The molecule has 0 atom stereocenters. The molecule has 5 nitrogen and oxygen atoms in total. The molecule has 16 heavy (non-hydrogen) atoms. The van der Waals surface area contributed by atoms with Crippen molar-refractivity contribution in [2.45, 2.75) is 0 Å². The molecule has 2 rings (SSSR count). The van der Waals surface area contributed by atoms with E-state index in [0.29, 0.717) is 17.4 Å². The van der Waals surface area contributed by atoms with Crippen molar-refractivity contribution in [2.75, 3.05) is 0 Å². The summed E-state index contributed by atoms with van der Waals surface area (Å²) in [6.45, 7) is 0. The van der Waals surface area contributed by atoms with Crippen LogP contribution in [0.3, 0.4) is 0 Å². The van der Waals surface area contributed by atoms with Crippen LogP contribution >= 0.6 is 0 Å². The Labute approximate surface area is 89.3 Å². The van der Waals surface area contributed by atoms with E-state index in [-0.39, 0.29) is 10.9 Å². The van der Waals surface area contributed by atoms with Crippen LogP contribution in [-0.4, -0.2) is 22.3 Å². The van der Waals surface area contributed by atoms with Crippen molar-refractivity contribution in [3.8, 4) is 0 Å². The van der Waals surface area contributed by atoms with E-state index >= 15 is 0 Å². The number of carbonyl (C=O) groups is 2. The topological polar surface area (TPSA) is 87.2 Å². The second-order valence-corrected chi connectivity index (χ2v) is 3.26. The fourth-order valence-electron chi connectivity index (χ4n) is 1.47. The molecular weight excluding hydrogens is 210 g/mol. The molecule has 5 heteroatoms. The number of hydrogen-bond acceptors (Lipinski definition) is 3. The summed E-state index contributed by atoms with van der Waals surface area (Å²) in [4.78, 5) is 35.6. The standard InChI is InChI=1S/C11H7NO4/c13-5-6-1-2-7-9(3-6)12-4-8(10(7)14)11(15)16/h1-5H,(H,12,14)(H,15,16). The van der Waals surface area contributed by atoms with Gasteiger partial charge in [0.2, 0.25) is 5.43 Å². The first-order valence-electron chi connectivity index (χ1n) is 4.47. The Hall–Kier alpha value is -2.43. The summed E-state index contributed by atoms with van der Waals surface area (Å²) in [6.07, 6.45) is 1.78. The molecule has 0 aliphatic heterocycles. The zero-order valence-electron chi connectivity index (χ0n) is 8.06. The highest BCUT2D eigenvalue weighted by Gasteiger charge is 2.11. The van der Waals surface area contributed by atoms with Crippen molar-refractivity contribution in [1.82, 2.24) is 4.98 Å². The van der Waals surface area contributed by atoms with Gasteiger partial charge >= 0.3 is 5.97 Å². The molecule has 1 heterocycles. The number of pyridine rings is 1. The molecule has 2 aromatic rings. The number of fused-ring (bicyclic) bond motifs is 1. The first-order valence-corrected chi connectivity index (χ1v) is 4.47. The van der Waals surface area contributed by atoms with Gasteiger partial charge in [-0.15, -0.1) is 0 Å². The normalized spacial score (nSPS) is 10.2. The summed E-state index contributed by atoms with van der Waals surface area (Å²) in [5.41, 5.74) is -0.00382. The smallest absolute Gasteiger partial charge is 0.341 e. The molecule has 0 radical (unpaired) electrons. The summed E-state index contributed by atoms with van der Waals surface area (Å²) in [6, 6.07) is 4.40. The highest BCUT2D eigenvalue weighted by molar-refractivity contribution is 5.93. The third-order valence-electron chi connectivity index (χ3n) is 2.27.